The number of ketones is 1. The number of hydrogen-bond donors (Lipinski definition) is 3. The first-order valence-corrected chi connectivity index (χ1v) is 10.1. The minimum atomic E-state index is -0.249. The van der Waals surface area contributed by atoms with Crippen LogP contribution in [0.3, 0.4) is 0 Å². The first kappa shape index (κ1) is 21.4. The van der Waals surface area contributed by atoms with Crippen molar-refractivity contribution in [1.29, 1.82) is 0 Å². The molecule has 5 nitrogen and oxygen atoms in total. The molecule has 1 aliphatic rings. The Labute approximate surface area is 167 Å². The summed E-state index contributed by atoms with van der Waals surface area (Å²) in [4.78, 5) is 24.2. The maximum absolute atomic E-state index is 12.2. The molecular formula is C21H31N3O2S. The smallest absolute Gasteiger partial charge is 0.238 e. The molecular weight excluding hydrogens is 358 g/mol. The molecule has 0 aliphatic heterocycles. The number of carbonyl (C=O) groups is 2. The SMILES string of the molecule is Cc1ccc(C(=O)CCC(=O)NNC(=S)N[C@H]2CCC[C@@H](C)[C@@H]2C)cc1C. The molecule has 1 fully saturated rings. The zero-order chi connectivity index (χ0) is 20.0. The summed E-state index contributed by atoms with van der Waals surface area (Å²) in [5.74, 6) is 0.940. The Kier molecular flexibility index (Phi) is 7.78. The third-order valence-corrected chi connectivity index (χ3v) is 5.97. The van der Waals surface area contributed by atoms with Gasteiger partial charge in [0.2, 0.25) is 5.91 Å². The quantitative estimate of drug-likeness (QED) is 0.408. The van der Waals surface area contributed by atoms with Crippen molar-refractivity contribution in [2.24, 2.45) is 11.8 Å². The highest BCUT2D eigenvalue weighted by Crippen LogP contribution is 2.29. The number of Topliss-reactive ketones (excluding diaryl/α,β-unsaturated/α-hetero) is 1. The van der Waals surface area contributed by atoms with E-state index in [0.29, 0.717) is 28.6 Å². The molecule has 0 bridgehead atoms. The van der Waals surface area contributed by atoms with Gasteiger partial charge in [-0.05, 0) is 61.5 Å². The van der Waals surface area contributed by atoms with Gasteiger partial charge in [0, 0.05) is 24.4 Å². The van der Waals surface area contributed by atoms with Crippen LogP contribution >= 0.6 is 12.2 Å². The molecule has 0 spiro atoms. The predicted molar refractivity (Wildman–Crippen MR) is 112 cm³/mol. The Morgan fingerprint density at radius 2 is 1.81 bits per heavy atom. The third kappa shape index (κ3) is 6.31. The Hall–Kier alpha value is -1.95. The van der Waals surface area contributed by atoms with E-state index >= 15 is 0 Å². The summed E-state index contributed by atoms with van der Waals surface area (Å²) >= 11 is 5.28. The highest BCUT2D eigenvalue weighted by Gasteiger charge is 2.27. The van der Waals surface area contributed by atoms with Gasteiger partial charge in [0.15, 0.2) is 10.9 Å². The number of aryl methyl sites for hydroxylation is 2. The van der Waals surface area contributed by atoms with Crippen LogP contribution in [0.25, 0.3) is 0 Å². The average molecular weight is 390 g/mol. The Balaban J connectivity index is 1.71. The largest absolute Gasteiger partial charge is 0.358 e. The van der Waals surface area contributed by atoms with E-state index in [9.17, 15) is 9.59 Å². The number of rotatable bonds is 5. The van der Waals surface area contributed by atoms with E-state index in [1.807, 2.05) is 32.0 Å². The number of thiocarbonyl (C=S) groups is 1. The van der Waals surface area contributed by atoms with Gasteiger partial charge >= 0.3 is 0 Å². The molecule has 148 valence electrons. The summed E-state index contributed by atoms with van der Waals surface area (Å²) < 4.78 is 0. The molecule has 2 rings (SSSR count). The van der Waals surface area contributed by atoms with Crippen LogP contribution in [0.2, 0.25) is 0 Å². The van der Waals surface area contributed by atoms with Gasteiger partial charge in [-0.25, -0.2) is 0 Å². The number of hydrazine groups is 1. The van der Waals surface area contributed by atoms with Crippen LogP contribution in [-0.2, 0) is 4.79 Å². The third-order valence-electron chi connectivity index (χ3n) is 5.75. The molecule has 1 amide bonds. The molecule has 1 aliphatic carbocycles. The molecule has 0 saturated heterocycles. The fraction of sp³-hybridized carbons (Fsp3) is 0.571. The second-order valence-electron chi connectivity index (χ2n) is 7.74. The maximum atomic E-state index is 12.2. The number of amides is 1. The molecule has 0 aromatic heterocycles. The van der Waals surface area contributed by atoms with E-state index in [1.54, 1.807) is 0 Å². The zero-order valence-electron chi connectivity index (χ0n) is 16.7. The molecule has 1 saturated carbocycles. The number of hydrogen-bond acceptors (Lipinski definition) is 3. The van der Waals surface area contributed by atoms with Crippen LogP contribution in [0.15, 0.2) is 18.2 Å². The van der Waals surface area contributed by atoms with E-state index in [1.165, 1.54) is 12.8 Å². The van der Waals surface area contributed by atoms with Gasteiger partial charge in [0.25, 0.3) is 0 Å². The summed E-state index contributed by atoms with van der Waals surface area (Å²) in [6.45, 7) is 8.49. The van der Waals surface area contributed by atoms with Crippen molar-refractivity contribution in [3.05, 3.63) is 34.9 Å². The molecule has 3 N–H and O–H groups in total. The van der Waals surface area contributed by atoms with Crippen LogP contribution in [0, 0.1) is 25.7 Å². The molecule has 0 heterocycles. The number of benzene rings is 1. The fourth-order valence-corrected chi connectivity index (χ4v) is 3.67. The molecule has 27 heavy (non-hydrogen) atoms. The van der Waals surface area contributed by atoms with Crippen LogP contribution in [0.4, 0.5) is 0 Å². The summed E-state index contributed by atoms with van der Waals surface area (Å²) in [6, 6.07) is 5.95. The standard InChI is InChI=1S/C21H31N3O2S/c1-13-8-9-17(12-15(13)3)19(25)10-11-20(26)23-24-21(27)22-18-7-5-6-14(2)16(18)4/h8-9,12,14,16,18H,5-7,10-11H2,1-4H3,(H,23,26)(H2,22,24,27)/t14-,16+,18+/m1/s1. The van der Waals surface area contributed by atoms with Crippen molar-refractivity contribution in [2.75, 3.05) is 0 Å². The lowest BCUT2D eigenvalue weighted by Gasteiger charge is -2.35. The lowest BCUT2D eigenvalue weighted by molar-refractivity contribution is -0.121. The van der Waals surface area contributed by atoms with Crippen LogP contribution in [0.5, 0.6) is 0 Å². The minimum absolute atomic E-state index is 0.0287. The lowest BCUT2D eigenvalue weighted by atomic mass is 9.78. The van der Waals surface area contributed by atoms with E-state index < -0.39 is 0 Å². The van der Waals surface area contributed by atoms with Gasteiger partial charge in [0.05, 0.1) is 0 Å². The Morgan fingerprint density at radius 1 is 1.07 bits per heavy atom. The van der Waals surface area contributed by atoms with Crippen molar-refractivity contribution >= 4 is 29.0 Å². The Morgan fingerprint density at radius 3 is 2.52 bits per heavy atom. The van der Waals surface area contributed by atoms with Gasteiger partial charge in [0.1, 0.15) is 0 Å². The van der Waals surface area contributed by atoms with Crippen molar-refractivity contribution in [3.8, 4) is 0 Å². The predicted octanol–water partition coefficient (Wildman–Crippen LogP) is 3.59. The van der Waals surface area contributed by atoms with E-state index in [-0.39, 0.29) is 24.5 Å². The average Bonchev–Trinajstić information content (AvgIpc) is 2.64. The van der Waals surface area contributed by atoms with Gasteiger partial charge in [-0.15, -0.1) is 0 Å². The first-order chi connectivity index (χ1) is 12.8. The highest BCUT2D eigenvalue weighted by atomic mass is 32.1. The summed E-state index contributed by atoms with van der Waals surface area (Å²) in [5, 5.41) is 3.72. The summed E-state index contributed by atoms with van der Waals surface area (Å²) in [5.41, 5.74) is 8.21. The summed E-state index contributed by atoms with van der Waals surface area (Å²) in [7, 11) is 0. The van der Waals surface area contributed by atoms with Crippen molar-refractivity contribution in [1.82, 2.24) is 16.2 Å². The first-order valence-electron chi connectivity index (χ1n) is 9.73. The number of nitrogens with one attached hydrogen (secondary N) is 3. The Bertz CT molecular complexity index is 705. The molecule has 0 radical (unpaired) electrons. The van der Waals surface area contributed by atoms with Crippen molar-refractivity contribution in [3.63, 3.8) is 0 Å². The minimum Gasteiger partial charge on any atom is -0.358 e. The zero-order valence-corrected chi connectivity index (χ0v) is 17.5. The topological polar surface area (TPSA) is 70.2 Å². The molecule has 1 aromatic rings. The highest BCUT2D eigenvalue weighted by molar-refractivity contribution is 7.80. The number of carbonyl (C=O) groups excluding carboxylic acids is 2. The second kappa shape index (κ2) is 9.83. The lowest BCUT2D eigenvalue weighted by Crippen LogP contribution is -2.52. The van der Waals surface area contributed by atoms with Gasteiger partial charge in [-0.3, -0.25) is 20.4 Å². The fourth-order valence-electron chi connectivity index (χ4n) is 3.47. The molecule has 1 aromatic carbocycles. The molecule has 0 unspecified atom stereocenters. The van der Waals surface area contributed by atoms with Gasteiger partial charge < -0.3 is 5.32 Å². The van der Waals surface area contributed by atoms with Gasteiger partial charge in [-0.1, -0.05) is 38.8 Å². The summed E-state index contributed by atoms with van der Waals surface area (Å²) in [6.07, 6.45) is 3.83. The second-order valence-corrected chi connectivity index (χ2v) is 8.15. The monoisotopic (exact) mass is 389 g/mol. The maximum Gasteiger partial charge on any atom is 0.238 e. The van der Waals surface area contributed by atoms with Crippen LogP contribution < -0.4 is 16.2 Å². The van der Waals surface area contributed by atoms with E-state index in [2.05, 4.69) is 30.0 Å². The van der Waals surface area contributed by atoms with E-state index in [0.717, 1.165) is 17.5 Å². The van der Waals surface area contributed by atoms with Gasteiger partial charge in [-0.2, -0.15) is 0 Å². The van der Waals surface area contributed by atoms with Crippen molar-refractivity contribution < 1.29 is 9.59 Å². The molecule has 3 atom stereocenters. The normalized spacial score (nSPS) is 22.0. The van der Waals surface area contributed by atoms with E-state index in [4.69, 9.17) is 12.2 Å². The van der Waals surface area contributed by atoms with Crippen LogP contribution in [0.1, 0.15) is 67.4 Å². The van der Waals surface area contributed by atoms with Crippen LogP contribution in [-0.4, -0.2) is 22.8 Å². The molecule has 6 heteroatoms. The van der Waals surface area contributed by atoms with Crippen molar-refractivity contribution in [2.45, 2.75) is 65.8 Å².